The number of epoxide rings is 1. The van der Waals surface area contributed by atoms with Crippen LogP contribution in [0.15, 0.2) is 27.9 Å². The Morgan fingerprint density at radius 3 is 2.50 bits per heavy atom. The predicted molar refractivity (Wildman–Crippen MR) is 114 cm³/mol. The molecule has 1 aromatic carbocycles. The van der Waals surface area contributed by atoms with Crippen LogP contribution in [-0.4, -0.2) is 67.4 Å². The van der Waals surface area contributed by atoms with Crippen LogP contribution < -0.4 is 11.3 Å². The van der Waals surface area contributed by atoms with Gasteiger partial charge in [0, 0.05) is 31.7 Å². The van der Waals surface area contributed by atoms with Gasteiger partial charge in [-0.1, -0.05) is 19.9 Å². The molecule has 0 bridgehead atoms. The van der Waals surface area contributed by atoms with Crippen LogP contribution in [-0.2, 0) is 14.8 Å². The van der Waals surface area contributed by atoms with E-state index >= 15 is 0 Å². The SMILES string of the molecule is CC(C)c1nc(-c2cc(S(=O)(=O)N3CCN(C)CC3)ccc2C2CO2)[nH]c(=O)c1N. The Kier molecular flexibility index (Phi) is 5.43. The summed E-state index contributed by atoms with van der Waals surface area (Å²) in [7, 11) is -1.69. The topological polar surface area (TPSA) is 125 Å². The van der Waals surface area contributed by atoms with Gasteiger partial charge in [0.15, 0.2) is 0 Å². The molecule has 1 atom stereocenters. The number of sulfonamides is 1. The van der Waals surface area contributed by atoms with Gasteiger partial charge in [-0.25, -0.2) is 13.4 Å². The third-order valence-corrected chi connectivity index (χ3v) is 7.49. The molecule has 3 heterocycles. The van der Waals surface area contributed by atoms with Gasteiger partial charge < -0.3 is 20.4 Å². The number of nitrogens with one attached hydrogen (secondary N) is 1. The summed E-state index contributed by atoms with van der Waals surface area (Å²) in [6.45, 7) is 6.61. The fraction of sp³-hybridized carbons (Fsp3) is 0.500. The molecule has 4 rings (SSSR count). The number of likely N-dealkylation sites (N-methyl/N-ethyl adjacent to an activating group) is 1. The van der Waals surface area contributed by atoms with Crippen LogP contribution in [0.5, 0.6) is 0 Å². The molecular formula is C20H27N5O4S. The summed E-state index contributed by atoms with van der Waals surface area (Å²) in [5, 5.41) is 0. The highest BCUT2D eigenvalue weighted by Gasteiger charge is 2.32. The summed E-state index contributed by atoms with van der Waals surface area (Å²) in [5.41, 5.74) is 7.40. The summed E-state index contributed by atoms with van der Waals surface area (Å²) >= 11 is 0. The zero-order chi connectivity index (χ0) is 21.6. The van der Waals surface area contributed by atoms with Crippen molar-refractivity contribution in [1.82, 2.24) is 19.2 Å². The highest BCUT2D eigenvalue weighted by Crippen LogP contribution is 2.38. The lowest BCUT2D eigenvalue weighted by atomic mass is 10.0. The number of benzene rings is 1. The lowest BCUT2D eigenvalue weighted by molar-refractivity contribution is 0.222. The highest BCUT2D eigenvalue weighted by atomic mass is 32.2. The summed E-state index contributed by atoms with van der Waals surface area (Å²) in [5.74, 6) is 0.253. The van der Waals surface area contributed by atoms with Crippen molar-refractivity contribution in [3.63, 3.8) is 0 Å². The Labute approximate surface area is 175 Å². The smallest absolute Gasteiger partial charge is 0.274 e. The maximum atomic E-state index is 13.2. The van der Waals surface area contributed by atoms with Gasteiger partial charge in [0.05, 0.1) is 17.2 Å². The molecule has 10 heteroatoms. The molecule has 3 N–H and O–H groups in total. The summed E-state index contributed by atoms with van der Waals surface area (Å²) in [4.78, 5) is 22.0. The van der Waals surface area contributed by atoms with Crippen LogP contribution in [0.4, 0.5) is 5.69 Å². The average Bonchev–Trinajstić information content (AvgIpc) is 3.55. The van der Waals surface area contributed by atoms with E-state index in [1.54, 1.807) is 18.2 Å². The van der Waals surface area contributed by atoms with E-state index in [1.165, 1.54) is 4.31 Å². The highest BCUT2D eigenvalue weighted by molar-refractivity contribution is 7.89. The van der Waals surface area contributed by atoms with Crippen molar-refractivity contribution in [2.45, 2.75) is 30.8 Å². The van der Waals surface area contributed by atoms with Gasteiger partial charge in [-0.3, -0.25) is 4.79 Å². The Balaban J connectivity index is 1.81. The first-order chi connectivity index (χ1) is 14.2. The number of hydrogen-bond acceptors (Lipinski definition) is 7. The standard InChI is InChI=1S/C20H27N5O4S/c1-12(2)18-17(21)20(26)23-19(22-18)15-10-13(4-5-14(15)16-11-29-16)30(27,28)25-8-6-24(3)7-9-25/h4-5,10,12,16H,6-9,11,21H2,1-3H3,(H,22,23,26). The van der Waals surface area contributed by atoms with Gasteiger partial charge in [-0.2, -0.15) is 4.31 Å². The van der Waals surface area contributed by atoms with Gasteiger partial charge in [-0.15, -0.1) is 0 Å². The van der Waals surface area contributed by atoms with Crippen molar-refractivity contribution in [3.05, 3.63) is 39.8 Å². The zero-order valence-corrected chi connectivity index (χ0v) is 18.2. The van der Waals surface area contributed by atoms with Crippen molar-refractivity contribution < 1.29 is 13.2 Å². The van der Waals surface area contributed by atoms with E-state index in [4.69, 9.17) is 10.5 Å². The number of aromatic amines is 1. The van der Waals surface area contributed by atoms with Crippen LogP contribution in [0.1, 0.15) is 37.1 Å². The van der Waals surface area contributed by atoms with Crippen LogP contribution in [0.3, 0.4) is 0 Å². The lowest BCUT2D eigenvalue weighted by Gasteiger charge is -2.31. The third kappa shape index (κ3) is 3.87. The second-order valence-electron chi connectivity index (χ2n) is 8.15. The normalized spacial score (nSPS) is 20.6. The number of rotatable bonds is 5. The number of nitrogens with zero attached hydrogens (tertiary/aromatic N) is 3. The van der Waals surface area contributed by atoms with E-state index in [0.29, 0.717) is 49.9 Å². The quantitative estimate of drug-likeness (QED) is 0.678. The Morgan fingerprint density at radius 1 is 1.23 bits per heavy atom. The molecule has 2 aliphatic rings. The number of hydrogen-bond donors (Lipinski definition) is 2. The molecule has 162 valence electrons. The minimum absolute atomic E-state index is 0.0519. The molecule has 9 nitrogen and oxygen atoms in total. The molecular weight excluding hydrogens is 406 g/mol. The summed E-state index contributed by atoms with van der Waals surface area (Å²) in [6, 6.07) is 4.94. The molecule has 0 radical (unpaired) electrons. The van der Waals surface area contributed by atoms with E-state index in [0.717, 1.165) is 5.56 Å². The van der Waals surface area contributed by atoms with Crippen LogP contribution in [0.2, 0.25) is 0 Å². The van der Waals surface area contributed by atoms with Crippen molar-refractivity contribution in [2.24, 2.45) is 0 Å². The van der Waals surface area contributed by atoms with E-state index in [9.17, 15) is 13.2 Å². The second-order valence-corrected chi connectivity index (χ2v) is 10.1. The summed E-state index contributed by atoms with van der Waals surface area (Å²) in [6.07, 6.45) is -0.134. The molecule has 2 aromatic rings. The van der Waals surface area contributed by atoms with Crippen LogP contribution >= 0.6 is 0 Å². The minimum atomic E-state index is -3.66. The van der Waals surface area contributed by atoms with E-state index in [1.807, 2.05) is 20.9 Å². The van der Waals surface area contributed by atoms with Gasteiger partial charge in [0.2, 0.25) is 10.0 Å². The Morgan fingerprint density at radius 2 is 1.90 bits per heavy atom. The van der Waals surface area contributed by atoms with Gasteiger partial charge in [0.25, 0.3) is 5.56 Å². The molecule has 1 unspecified atom stereocenters. The molecule has 0 amide bonds. The number of nitrogens with two attached hydrogens (primary N) is 1. The van der Waals surface area contributed by atoms with E-state index in [-0.39, 0.29) is 22.6 Å². The molecule has 2 aliphatic heterocycles. The van der Waals surface area contributed by atoms with Crippen molar-refractivity contribution in [2.75, 3.05) is 45.6 Å². The van der Waals surface area contributed by atoms with Crippen LogP contribution in [0, 0.1) is 0 Å². The molecule has 0 saturated carbocycles. The maximum absolute atomic E-state index is 13.2. The number of aromatic nitrogens is 2. The number of anilines is 1. The first kappa shape index (κ1) is 21.0. The van der Waals surface area contributed by atoms with Crippen molar-refractivity contribution >= 4 is 15.7 Å². The molecule has 0 spiro atoms. The number of piperazine rings is 1. The van der Waals surface area contributed by atoms with E-state index < -0.39 is 15.6 Å². The Bertz CT molecular complexity index is 1120. The second kappa shape index (κ2) is 7.77. The fourth-order valence-electron chi connectivity index (χ4n) is 3.65. The number of ether oxygens (including phenoxy) is 1. The summed E-state index contributed by atoms with van der Waals surface area (Å²) < 4.78 is 33.4. The maximum Gasteiger partial charge on any atom is 0.274 e. The Hall–Kier alpha value is -2.27. The molecule has 2 fully saturated rings. The first-order valence-corrected chi connectivity index (χ1v) is 11.5. The molecule has 2 saturated heterocycles. The zero-order valence-electron chi connectivity index (χ0n) is 17.4. The lowest BCUT2D eigenvalue weighted by Crippen LogP contribution is -2.47. The minimum Gasteiger partial charge on any atom is -0.393 e. The van der Waals surface area contributed by atoms with Crippen molar-refractivity contribution in [1.29, 1.82) is 0 Å². The average molecular weight is 434 g/mol. The third-order valence-electron chi connectivity index (χ3n) is 5.59. The van der Waals surface area contributed by atoms with Gasteiger partial charge in [0.1, 0.15) is 17.6 Å². The predicted octanol–water partition coefficient (Wildman–Crippen LogP) is 1.15. The van der Waals surface area contributed by atoms with Crippen molar-refractivity contribution in [3.8, 4) is 11.4 Å². The largest absolute Gasteiger partial charge is 0.393 e. The van der Waals surface area contributed by atoms with Gasteiger partial charge in [-0.05, 0) is 30.7 Å². The van der Waals surface area contributed by atoms with Crippen LogP contribution in [0.25, 0.3) is 11.4 Å². The molecule has 1 aromatic heterocycles. The first-order valence-electron chi connectivity index (χ1n) is 10.0. The number of H-pyrrole nitrogens is 1. The fourth-order valence-corrected chi connectivity index (χ4v) is 5.10. The van der Waals surface area contributed by atoms with E-state index in [2.05, 4.69) is 14.9 Å². The monoisotopic (exact) mass is 433 g/mol. The van der Waals surface area contributed by atoms with Gasteiger partial charge >= 0.3 is 0 Å². The molecule has 30 heavy (non-hydrogen) atoms. The molecule has 0 aliphatic carbocycles. The number of nitrogen functional groups attached to an aromatic ring is 1.